The minimum Gasteiger partial charge on any atom is -0.398 e. The molecule has 0 aliphatic heterocycles. The Hall–Kier alpha value is -1.57. The number of fused-ring (bicyclic) bond motifs is 1. The highest BCUT2D eigenvalue weighted by Crippen LogP contribution is 2.29. The van der Waals surface area contributed by atoms with E-state index in [-0.39, 0.29) is 0 Å². The fourth-order valence-electron chi connectivity index (χ4n) is 2.42. The number of benzene rings is 1. The van der Waals surface area contributed by atoms with E-state index in [1.54, 1.807) is 0 Å². The first-order valence-electron chi connectivity index (χ1n) is 5.70. The van der Waals surface area contributed by atoms with Crippen LogP contribution in [0.3, 0.4) is 0 Å². The van der Waals surface area contributed by atoms with Crippen molar-refractivity contribution < 1.29 is 0 Å². The number of nitrogens with two attached hydrogens (primary N) is 1. The van der Waals surface area contributed by atoms with Gasteiger partial charge < -0.3 is 5.73 Å². The lowest BCUT2D eigenvalue weighted by atomic mass is 9.99. The first-order valence-corrected chi connectivity index (χ1v) is 5.70. The molecule has 0 bridgehead atoms. The van der Waals surface area contributed by atoms with E-state index in [2.05, 4.69) is 37.9 Å². The minimum atomic E-state index is 0.905. The summed E-state index contributed by atoms with van der Waals surface area (Å²) in [6.45, 7) is 8.34. The molecule has 0 fully saturated rings. The van der Waals surface area contributed by atoms with Crippen molar-refractivity contribution in [1.82, 2.24) is 4.98 Å². The maximum Gasteiger partial charge on any atom is 0.0731 e. The van der Waals surface area contributed by atoms with E-state index in [9.17, 15) is 0 Å². The lowest BCUT2D eigenvalue weighted by molar-refractivity contribution is 1.07. The molecule has 0 atom stereocenters. The van der Waals surface area contributed by atoms with Crippen LogP contribution in [0.15, 0.2) is 12.1 Å². The molecule has 1 heterocycles. The molecule has 0 aliphatic carbocycles. The number of hydrogen-bond donors (Lipinski definition) is 1. The Kier molecular flexibility index (Phi) is 2.58. The molecule has 16 heavy (non-hydrogen) atoms. The van der Waals surface area contributed by atoms with Gasteiger partial charge in [0, 0.05) is 16.8 Å². The quantitative estimate of drug-likeness (QED) is 0.791. The van der Waals surface area contributed by atoms with Crippen LogP contribution in [0.1, 0.15) is 29.3 Å². The zero-order chi connectivity index (χ0) is 11.9. The van der Waals surface area contributed by atoms with Gasteiger partial charge in [-0.25, -0.2) is 0 Å². The lowest BCUT2D eigenvalue weighted by Crippen LogP contribution is -2.02. The molecule has 0 saturated carbocycles. The molecular weight excluding hydrogens is 196 g/mol. The van der Waals surface area contributed by atoms with Crippen LogP contribution in [0.2, 0.25) is 0 Å². The summed E-state index contributed by atoms with van der Waals surface area (Å²) < 4.78 is 0. The second-order valence-corrected chi connectivity index (χ2v) is 4.42. The molecule has 84 valence electrons. The number of nitrogens with zero attached hydrogens (tertiary/aromatic N) is 1. The lowest BCUT2D eigenvalue weighted by Gasteiger charge is -2.13. The molecule has 0 aliphatic rings. The average molecular weight is 214 g/mol. The van der Waals surface area contributed by atoms with Crippen molar-refractivity contribution in [2.45, 2.75) is 34.1 Å². The fourth-order valence-corrected chi connectivity index (χ4v) is 2.42. The number of nitrogen functional groups attached to an aromatic ring is 1. The zero-order valence-electron chi connectivity index (χ0n) is 10.4. The fraction of sp³-hybridized carbons (Fsp3) is 0.357. The number of aromatic nitrogens is 1. The first-order chi connectivity index (χ1) is 7.54. The van der Waals surface area contributed by atoms with Crippen LogP contribution in [0.5, 0.6) is 0 Å². The van der Waals surface area contributed by atoms with Gasteiger partial charge in [-0.2, -0.15) is 0 Å². The first kappa shape index (κ1) is 10.9. The van der Waals surface area contributed by atoms with Gasteiger partial charge >= 0.3 is 0 Å². The summed E-state index contributed by atoms with van der Waals surface area (Å²) >= 11 is 0. The van der Waals surface area contributed by atoms with E-state index in [0.717, 1.165) is 28.7 Å². The third-order valence-electron chi connectivity index (χ3n) is 3.13. The molecule has 2 rings (SSSR count). The van der Waals surface area contributed by atoms with Crippen LogP contribution in [0.4, 0.5) is 5.69 Å². The van der Waals surface area contributed by atoms with Crippen molar-refractivity contribution in [3.05, 3.63) is 34.5 Å². The van der Waals surface area contributed by atoms with Gasteiger partial charge in [-0.1, -0.05) is 13.0 Å². The third-order valence-corrected chi connectivity index (χ3v) is 3.13. The van der Waals surface area contributed by atoms with E-state index in [1.165, 1.54) is 16.7 Å². The maximum atomic E-state index is 6.24. The summed E-state index contributed by atoms with van der Waals surface area (Å²) in [5.74, 6) is 0. The van der Waals surface area contributed by atoms with Crippen molar-refractivity contribution in [1.29, 1.82) is 0 Å². The van der Waals surface area contributed by atoms with Crippen molar-refractivity contribution in [2.75, 3.05) is 5.73 Å². The summed E-state index contributed by atoms with van der Waals surface area (Å²) in [6.07, 6.45) is 0.938. The predicted octanol–water partition coefficient (Wildman–Crippen LogP) is 3.30. The van der Waals surface area contributed by atoms with E-state index >= 15 is 0 Å². The van der Waals surface area contributed by atoms with Crippen molar-refractivity contribution in [3.8, 4) is 0 Å². The van der Waals surface area contributed by atoms with Crippen LogP contribution >= 0.6 is 0 Å². The summed E-state index contributed by atoms with van der Waals surface area (Å²) in [6, 6.07) is 4.26. The zero-order valence-corrected chi connectivity index (χ0v) is 10.4. The molecule has 0 amide bonds. The molecule has 0 spiro atoms. The molecule has 1 aromatic heterocycles. The van der Waals surface area contributed by atoms with Gasteiger partial charge in [-0.15, -0.1) is 0 Å². The van der Waals surface area contributed by atoms with E-state index in [4.69, 9.17) is 5.73 Å². The molecule has 2 aromatic rings. The van der Waals surface area contributed by atoms with Crippen LogP contribution in [0.25, 0.3) is 10.9 Å². The van der Waals surface area contributed by atoms with Gasteiger partial charge in [0.25, 0.3) is 0 Å². The molecule has 1 aromatic carbocycles. The number of hydrogen-bond acceptors (Lipinski definition) is 2. The van der Waals surface area contributed by atoms with E-state index in [0.29, 0.717) is 0 Å². The standard InChI is InChI=1S/C14H18N2/c1-5-11-10(4)16-12-7-8(2)6-9(3)13(12)14(11)15/h6-7H,5H2,1-4H3,(H2,15,16). The Morgan fingerprint density at radius 1 is 1.19 bits per heavy atom. The summed E-state index contributed by atoms with van der Waals surface area (Å²) in [5.41, 5.74) is 12.9. The molecule has 2 heteroatoms. The molecule has 2 nitrogen and oxygen atoms in total. The number of aryl methyl sites for hydroxylation is 3. The summed E-state index contributed by atoms with van der Waals surface area (Å²) in [4.78, 5) is 4.65. The highest BCUT2D eigenvalue weighted by Gasteiger charge is 2.10. The van der Waals surface area contributed by atoms with Crippen LogP contribution in [-0.4, -0.2) is 4.98 Å². The van der Waals surface area contributed by atoms with Gasteiger partial charge in [-0.05, 0) is 49.9 Å². The van der Waals surface area contributed by atoms with Crippen LogP contribution < -0.4 is 5.73 Å². The smallest absolute Gasteiger partial charge is 0.0731 e. The molecule has 0 unspecified atom stereocenters. The molecular formula is C14H18N2. The second-order valence-electron chi connectivity index (χ2n) is 4.42. The van der Waals surface area contributed by atoms with Gasteiger partial charge in [-0.3, -0.25) is 4.98 Å². The Bertz CT molecular complexity index is 556. The Labute approximate surface area is 96.5 Å². The minimum absolute atomic E-state index is 0.905. The third kappa shape index (κ3) is 1.54. The van der Waals surface area contributed by atoms with Crippen LogP contribution in [-0.2, 0) is 6.42 Å². The van der Waals surface area contributed by atoms with Crippen LogP contribution in [0, 0.1) is 20.8 Å². The predicted molar refractivity (Wildman–Crippen MR) is 69.7 cm³/mol. The van der Waals surface area contributed by atoms with Crippen molar-refractivity contribution in [3.63, 3.8) is 0 Å². The largest absolute Gasteiger partial charge is 0.398 e. The topological polar surface area (TPSA) is 38.9 Å². The highest BCUT2D eigenvalue weighted by molar-refractivity contribution is 5.95. The monoisotopic (exact) mass is 214 g/mol. The van der Waals surface area contributed by atoms with Crippen molar-refractivity contribution >= 4 is 16.6 Å². The highest BCUT2D eigenvalue weighted by atomic mass is 14.7. The molecule has 0 saturated heterocycles. The van der Waals surface area contributed by atoms with Gasteiger partial charge in [0.15, 0.2) is 0 Å². The number of pyridine rings is 1. The summed E-state index contributed by atoms with van der Waals surface area (Å²) in [7, 11) is 0. The Balaban J connectivity index is 2.93. The number of anilines is 1. The Morgan fingerprint density at radius 2 is 1.88 bits per heavy atom. The Morgan fingerprint density at radius 3 is 2.50 bits per heavy atom. The SMILES string of the molecule is CCc1c(C)nc2cc(C)cc(C)c2c1N. The van der Waals surface area contributed by atoms with E-state index < -0.39 is 0 Å². The van der Waals surface area contributed by atoms with Gasteiger partial charge in [0.05, 0.1) is 5.52 Å². The van der Waals surface area contributed by atoms with Crippen molar-refractivity contribution in [2.24, 2.45) is 0 Å². The number of rotatable bonds is 1. The maximum absolute atomic E-state index is 6.24. The normalized spacial score (nSPS) is 11.0. The average Bonchev–Trinajstić information content (AvgIpc) is 2.15. The second kappa shape index (κ2) is 3.78. The molecule has 2 N–H and O–H groups in total. The van der Waals surface area contributed by atoms with E-state index in [1.807, 2.05) is 6.92 Å². The molecule has 0 radical (unpaired) electrons. The van der Waals surface area contributed by atoms with Gasteiger partial charge in [0.1, 0.15) is 0 Å². The summed E-state index contributed by atoms with van der Waals surface area (Å²) in [5, 5.41) is 1.12. The van der Waals surface area contributed by atoms with Gasteiger partial charge in [0.2, 0.25) is 0 Å².